The van der Waals surface area contributed by atoms with Gasteiger partial charge < -0.3 is 10.2 Å². The van der Waals surface area contributed by atoms with Crippen LogP contribution in [0.3, 0.4) is 0 Å². The number of nitrogens with zero attached hydrogens (tertiary/aromatic N) is 2. The second-order valence-electron chi connectivity index (χ2n) is 7.35. The third kappa shape index (κ3) is 4.66. The van der Waals surface area contributed by atoms with E-state index in [4.69, 9.17) is 0 Å². The molecule has 0 bridgehead atoms. The molecule has 160 valence electrons. The van der Waals surface area contributed by atoms with Crippen molar-refractivity contribution in [2.24, 2.45) is 0 Å². The van der Waals surface area contributed by atoms with Gasteiger partial charge in [0.2, 0.25) is 10.0 Å². The number of sulfonamides is 1. The lowest BCUT2D eigenvalue weighted by atomic mass is 10.2. The molecule has 0 spiro atoms. The number of nitro benzene ring substituents is 1. The number of anilines is 1. The van der Waals surface area contributed by atoms with E-state index in [-0.39, 0.29) is 35.6 Å². The van der Waals surface area contributed by atoms with Crippen LogP contribution in [-0.2, 0) is 14.8 Å². The van der Waals surface area contributed by atoms with Crippen molar-refractivity contribution >= 4 is 27.3 Å². The lowest BCUT2D eigenvalue weighted by molar-refractivity contribution is -0.917. The Labute approximate surface area is 175 Å². The minimum absolute atomic E-state index is 0.0463. The van der Waals surface area contributed by atoms with Crippen molar-refractivity contribution in [3.63, 3.8) is 0 Å². The zero-order valence-corrected chi connectivity index (χ0v) is 17.7. The lowest BCUT2D eigenvalue weighted by Gasteiger charge is -2.34. The molecular formula is C20H25N4O5S+. The van der Waals surface area contributed by atoms with E-state index in [9.17, 15) is 23.3 Å². The molecule has 2 aromatic rings. The number of rotatable bonds is 6. The number of piperazine rings is 1. The first-order valence-corrected chi connectivity index (χ1v) is 11.1. The quantitative estimate of drug-likeness (QED) is 0.517. The molecule has 1 unspecified atom stereocenters. The summed E-state index contributed by atoms with van der Waals surface area (Å²) in [5, 5.41) is 13.9. The van der Waals surface area contributed by atoms with Gasteiger partial charge in [0.25, 0.3) is 11.6 Å². The molecule has 10 heteroatoms. The molecule has 0 saturated carbocycles. The lowest BCUT2D eigenvalue weighted by Crippen LogP contribution is -3.19. The van der Waals surface area contributed by atoms with E-state index in [1.807, 2.05) is 37.3 Å². The highest BCUT2D eigenvalue weighted by Gasteiger charge is 2.35. The zero-order valence-electron chi connectivity index (χ0n) is 16.9. The maximum Gasteiger partial charge on any atom is 0.282 e. The smallest absolute Gasteiger partial charge is 0.282 e. The molecule has 1 fully saturated rings. The summed E-state index contributed by atoms with van der Waals surface area (Å²) < 4.78 is 27.4. The van der Waals surface area contributed by atoms with Crippen molar-refractivity contribution in [2.45, 2.75) is 24.8 Å². The van der Waals surface area contributed by atoms with Crippen molar-refractivity contribution in [2.75, 3.05) is 31.5 Å². The summed E-state index contributed by atoms with van der Waals surface area (Å²) in [6.07, 6.45) is 0. The molecule has 30 heavy (non-hydrogen) atoms. The van der Waals surface area contributed by atoms with Crippen LogP contribution in [0.2, 0.25) is 0 Å². The van der Waals surface area contributed by atoms with Crippen LogP contribution in [0.4, 0.5) is 11.4 Å². The standard InChI is InChI=1S/C20H24N4O5S/c1-15-8-9-18(24(26)27)14-19(15)30(28,29)23-12-10-22(11-13-23)16(2)20(25)21-17-6-4-3-5-7-17/h3-9,14,16H,10-13H2,1-2H3,(H,21,25)/p+1. The van der Waals surface area contributed by atoms with E-state index >= 15 is 0 Å². The number of benzene rings is 2. The molecule has 1 amide bonds. The van der Waals surface area contributed by atoms with Crippen molar-refractivity contribution in [1.82, 2.24) is 4.31 Å². The van der Waals surface area contributed by atoms with Crippen LogP contribution in [-0.4, -0.2) is 55.8 Å². The van der Waals surface area contributed by atoms with Crippen LogP contribution in [0.15, 0.2) is 53.4 Å². The van der Waals surface area contributed by atoms with Gasteiger partial charge in [-0.25, -0.2) is 8.42 Å². The van der Waals surface area contributed by atoms with Crippen molar-refractivity contribution in [3.8, 4) is 0 Å². The second-order valence-corrected chi connectivity index (χ2v) is 9.25. The maximum atomic E-state index is 13.0. The Morgan fingerprint density at radius 3 is 2.40 bits per heavy atom. The fourth-order valence-electron chi connectivity index (χ4n) is 3.52. The largest absolute Gasteiger partial charge is 0.323 e. The van der Waals surface area contributed by atoms with E-state index in [1.165, 1.54) is 16.4 Å². The van der Waals surface area contributed by atoms with Gasteiger partial charge in [-0.15, -0.1) is 0 Å². The van der Waals surface area contributed by atoms with Gasteiger partial charge in [0, 0.05) is 17.8 Å². The summed E-state index contributed by atoms with van der Waals surface area (Å²) in [5.74, 6) is -0.123. The number of nitrogens with one attached hydrogen (secondary N) is 2. The Morgan fingerprint density at radius 2 is 1.80 bits per heavy atom. The summed E-state index contributed by atoms with van der Waals surface area (Å²) in [6.45, 7) is 4.86. The van der Waals surface area contributed by atoms with Gasteiger partial charge in [-0.3, -0.25) is 14.9 Å². The molecule has 2 aromatic carbocycles. The topological polar surface area (TPSA) is 114 Å². The Morgan fingerprint density at radius 1 is 1.17 bits per heavy atom. The van der Waals surface area contributed by atoms with E-state index in [0.29, 0.717) is 18.7 Å². The average Bonchev–Trinajstić information content (AvgIpc) is 2.74. The summed E-state index contributed by atoms with van der Waals surface area (Å²) in [4.78, 5) is 23.9. The van der Waals surface area contributed by atoms with Crippen LogP contribution < -0.4 is 10.2 Å². The number of carbonyl (C=O) groups is 1. The first-order chi connectivity index (χ1) is 14.2. The molecule has 9 nitrogen and oxygen atoms in total. The molecule has 1 atom stereocenters. The molecule has 1 aliphatic rings. The van der Waals surface area contributed by atoms with Gasteiger partial charge in [0.1, 0.15) is 0 Å². The summed E-state index contributed by atoms with van der Waals surface area (Å²) in [5.41, 5.74) is 0.928. The number of hydrogen-bond donors (Lipinski definition) is 2. The predicted octanol–water partition coefficient (Wildman–Crippen LogP) is 0.820. The monoisotopic (exact) mass is 433 g/mol. The highest BCUT2D eigenvalue weighted by molar-refractivity contribution is 7.89. The molecule has 0 radical (unpaired) electrons. The third-order valence-electron chi connectivity index (χ3n) is 5.41. The van der Waals surface area contributed by atoms with E-state index in [0.717, 1.165) is 16.7 Å². The third-order valence-corrected chi connectivity index (χ3v) is 7.45. The van der Waals surface area contributed by atoms with Crippen molar-refractivity contribution in [3.05, 3.63) is 64.2 Å². The van der Waals surface area contributed by atoms with Gasteiger partial charge in [0.05, 0.1) is 36.0 Å². The molecule has 1 aliphatic heterocycles. The molecule has 0 aliphatic carbocycles. The van der Waals surface area contributed by atoms with Crippen LogP contribution in [0, 0.1) is 17.0 Å². The number of non-ortho nitro benzene ring substituents is 1. The number of quaternary nitrogens is 1. The first-order valence-electron chi connectivity index (χ1n) is 9.66. The minimum atomic E-state index is -3.85. The summed E-state index contributed by atoms with van der Waals surface area (Å²) in [6, 6.07) is 12.7. The maximum absolute atomic E-state index is 13.0. The zero-order chi connectivity index (χ0) is 21.9. The Balaban J connectivity index is 1.67. The first kappa shape index (κ1) is 21.9. The molecular weight excluding hydrogens is 408 g/mol. The van der Waals surface area contributed by atoms with Gasteiger partial charge in [-0.05, 0) is 31.5 Å². The fourth-order valence-corrected chi connectivity index (χ4v) is 5.21. The van der Waals surface area contributed by atoms with E-state index in [1.54, 1.807) is 6.92 Å². The molecule has 1 saturated heterocycles. The fraction of sp³-hybridized carbons (Fsp3) is 0.350. The van der Waals surface area contributed by atoms with Crippen LogP contribution in [0.25, 0.3) is 0 Å². The normalized spacial score (nSPS) is 16.7. The summed E-state index contributed by atoms with van der Waals surface area (Å²) in [7, 11) is -3.85. The number of para-hydroxylation sites is 1. The average molecular weight is 434 g/mol. The number of carbonyl (C=O) groups excluding carboxylic acids is 1. The summed E-state index contributed by atoms with van der Waals surface area (Å²) >= 11 is 0. The van der Waals surface area contributed by atoms with Crippen LogP contribution in [0.1, 0.15) is 12.5 Å². The number of nitro groups is 1. The van der Waals surface area contributed by atoms with Crippen LogP contribution >= 0.6 is 0 Å². The van der Waals surface area contributed by atoms with Gasteiger partial charge in [-0.2, -0.15) is 4.31 Å². The number of amides is 1. The second kappa shape index (κ2) is 8.90. The Kier molecular flexibility index (Phi) is 6.49. The SMILES string of the molecule is Cc1ccc([N+](=O)[O-])cc1S(=O)(=O)N1CC[NH+](C(C)C(=O)Nc2ccccc2)CC1. The highest BCUT2D eigenvalue weighted by atomic mass is 32.2. The molecule has 1 heterocycles. The van der Waals surface area contributed by atoms with Crippen molar-refractivity contribution in [1.29, 1.82) is 0 Å². The van der Waals surface area contributed by atoms with Gasteiger partial charge in [0.15, 0.2) is 6.04 Å². The Hall–Kier alpha value is -2.82. The Bertz CT molecular complexity index is 1030. The molecule has 2 N–H and O–H groups in total. The number of hydrogen-bond acceptors (Lipinski definition) is 5. The van der Waals surface area contributed by atoms with Gasteiger partial charge >= 0.3 is 0 Å². The molecule has 3 rings (SSSR count). The van der Waals surface area contributed by atoms with E-state index in [2.05, 4.69) is 5.32 Å². The number of aryl methyl sites for hydroxylation is 1. The predicted molar refractivity (Wildman–Crippen MR) is 112 cm³/mol. The minimum Gasteiger partial charge on any atom is -0.323 e. The van der Waals surface area contributed by atoms with E-state index < -0.39 is 14.9 Å². The van der Waals surface area contributed by atoms with Crippen molar-refractivity contribution < 1.29 is 23.0 Å². The van der Waals surface area contributed by atoms with Gasteiger partial charge in [-0.1, -0.05) is 24.3 Å². The van der Waals surface area contributed by atoms with Crippen LogP contribution in [0.5, 0.6) is 0 Å². The molecule has 0 aromatic heterocycles. The highest BCUT2D eigenvalue weighted by Crippen LogP contribution is 2.24.